The molecule has 0 atom stereocenters. The molecule has 0 spiro atoms. The van der Waals surface area contributed by atoms with Crippen molar-refractivity contribution in [2.45, 2.75) is 18.6 Å². The summed E-state index contributed by atoms with van der Waals surface area (Å²) >= 11 is 1.91. The first-order chi connectivity index (χ1) is 8.93. The summed E-state index contributed by atoms with van der Waals surface area (Å²) in [6, 6.07) is 6.56. The van der Waals surface area contributed by atoms with Crippen molar-refractivity contribution >= 4 is 23.1 Å². The molecule has 1 heterocycles. The number of nitriles is 1. The van der Waals surface area contributed by atoms with Gasteiger partial charge in [0.2, 0.25) is 0 Å². The van der Waals surface area contributed by atoms with Crippen LogP contribution in [-0.2, 0) is 0 Å². The number of nitro benzene ring substituents is 1. The summed E-state index contributed by atoms with van der Waals surface area (Å²) in [6.45, 7) is 6.03. The number of non-ortho nitro benzene ring substituents is 1. The summed E-state index contributed by atoms with van der Waals surface area (Å²) < 4.78 is 0.132. The monoisotopic (exact) mass is 277 g/mol. The van der Waals surface area contributed by atoms with Crippen LogP contribution < -0.4 is 4.90 Å². The van der Waals surface area contributed by atoms with Crippen LogP contribution in [0.2, 0.25) is 0 Å². The minimum Gasteiger partial charge on any atom is -0.368 e. The lowest BCUT2D eigenvalue weighted by molar-refractivity contribution is -0.384. The maximum atomic E-state index is 10.7. The van der Waals surface area contributed by atoms with Crippen molar-refractivity contribution in [1.82, 2.24) is 0 Å². The van der Waals surface area contributed by atoms with Gasteiger partial charge in [-0.2, -0.15) is 17.0 Å². The van der Waals surface area contributed by atoms with Crippen LogP contribution in [0.5, 0.6) is 0 Å². The number of nitrogens with zero attached hydrogens (tertiary/aromatic N) is 3. The third-order valence-electron chi connectivity index (χ3n) is 3.08. The fourth-order valence-electron chi connectivity index (χ4n) is 2.22. The maximum absolute atomic E-state index is 10.7. The predicted octanol–water partition coefficient (Wildman–Crippen LogP) is 2.80. The SMILES string of the molecule is CC1(C)CN(c2ccc([N+](=O)[O-])cc2C#N)CCS1. The molecule has 0 saturated carbocycles. The van der Waals surface area contributed by atoms with E-state index in [0.29, 0.717) is 5.56 Å². The quantitative estimate of drug-likeness (QED) is 0.614. The average molecular weight is 277 g/mol. The van der Waals surface area contributed by atoms with Crippen LogP contribution in [0, 0.1) is 21.4 Å². The fraction of sp³-hybridized carbons (Fsp3) is 0.462. The highest BCUT2D eigenvalue weighted by Gasteiger charge is 2.28. The van der Waals surface area contributed by atoms with Crippen LogP contribution in [0.4, 0.5) is 11.4 Å². The topological polar surface area (TPSA) is 70.2 Å². The van der Waals surface area contributed by atoms with E-state index < -0.39 is 4.92 Å². The Labute approximate surface area is 116 Å². The van der Waals surface area contributed by atoms with Gasteiger partial charge in [0.15, 0.2) is 0 Å². The second-order valence-electron chi connectivity index (χ2n) is 5.10. The molecule has 1 aliphatic heterocycles. The standard InChI is InChI=1S/C13H15N3O2S/c1-13(2)9-15(5-6-19-13)12-4-3-11(16(17)18)7-10(12)8-14/h3-4,7H,5-6,9H2,1-2H3. The van der Waals surface area contributed by atoms with E-state index in [0.717, 1.165) is 24.5 Å². The van der Waals surface area contributed by atoms with E-state index in [2.05, 4.69) is 24.8 Å². The first kappa shape index (κ1) is 13.7. The van der Waals surface area contributed by atoms with Gasteiger partial charge < -0.3 is 4.90 Å². The molecule has 0 radical (unpaired) electrons. The van der Waals surface area contributed by atoms with Crippen LogP contribution in [0.1, 0.15) is 19.4 Å². The summed E-state index contributed by atoms with van der Waals surface area (Å²) in [6.07, 6.45) is 0. The first-order valence-electron chi connectivity index (χ1n) is 6.00. The van der Waals surface area contributed by atoms with Gasteiger partial charge in [-0.15, -0.1) is 0 Å². The fourth-order valence-corrected chi connectivity index (χ4v) is 3.34. The second-order valence-corrected chi connectivity index (χ2v) is 6.90. The van der Waals surface area contributed by atoms with E-state index in [-0.39, 0.29) is 10.4 Å². The summed E-state index contributed by atoms with van der Waals surface area (Å²) in [5.41, 5.74) is 1.13. The molecule has 0 aliphatic carbocycles. The number of hydrogen-bond donors (Lipinski definition) is 0. The van der Waals surface area contributed by atoms with Crippen molar-refractivity contribution in [3.63, 3.8) is 0 Å². The second kappa shape index (κ2) is 5.10. The molecular weight excluding hydrogens is 262 g/mol. The van der Waals surface area contributed by atoms with Gasteiger partial charge in [-0.3, -0.25) is 10.1 Å². The molecule has 1 fully saturated rings. The Kier molecular flexibility index (Phi) is 3.67. The van der Waals surface area contributed by atoms with Gasteiger partial charge in [-0.1, -0.05) is 0 Å². The van der Waals surface area contributed by atoms with Crippen molar-refractivity contribution < 1.29 is 4.92 Å². The van der Waals surface area contributed by atoms with E-state index in [1.54, 1.807) is 6.07 Å². The molecule has 0 bridgehead atoms. The van der Waals surface area contributed by atoms with Crippen LogP contribution in [-0.4, -0.2) is 28.5 Å². The molecule has 0 unspecified atom stereocenters. The predicted molar refractivity (Wildman–Crippen MR) is 76.6 cm³/mol. The Morgan fingerprint density at radius 2 is 2.26 bits per heavy atom. The zero-order chi connectivity index (χ0) is 14.0. The van der Waals surface area contributed by atoms with Gasteiger partial charge in [0.1, 0.15) is 6.07 Å². The number of nitro groups is 1. The third kappa shape index (κ3) is 2.99. The molecule has 0 amide bonds. The summed E-state index contributed by atoms with van der Waals surface area (Å²) in [7, 11) is 0. The molecule has 100 valence electrons. The van der Waals surface area contributed by atoms with Crippen LogP contribution in [0.15, 0.2) is 18.2 Å². The molecule has 2 rings (SSSR count). The highest BCUT2D eigenvalue weighted by molar-refractivity contribution is 8.00. The van der Waals surface area contributed by atoms with Crippen LogP contribution in [0.25, 0.3) is 0 Å². The molecular formula is C13H15N3O2S. The van der Waals surface area contributed by atoms with E-state index in [4.69, 9.17) is 0 Å². The van der Waals surface area contributed by atoms with Gasteiger partial charge in [-0.25, -0.2) is 0 Å². The lowest BCUT2D eigenvalue weighted by Gasteiger charge is -2.39. The van der Waals surface area contributed by atoms with Gasteiger partial charge >= 0.3 is 0 Å². The highest BCUT2D eigenvalue weighted by atomic mass is 32.2. The molecule has 1 aliphatic rings. The Morgan fingerprint density at radius 1 is 1.53 bits per heavy atom. The Hall–Kier alpha value is -1.74. The van der Waals surface area contributed by atoms with E-state index in [1.165, 1.54) is 12.1 Å². The zero-order valence-electron chi connectivity index (χ0n) is 10.9. The van der Waals surface area contributed by atoms with Crippen molar-refractivity contribution in [2.24, 2.45) is 0 Å². The first-order valence-corrected chi connectivity index (χ1v) is 6.99. The molecule has 5 nitrogen and oxygen atoms in total. The molecule has 0 aromatic heterocycles. The molecule has 1 saturated heterocycles. The lowest BCUT2D eigenvalue weighted by Crippen LogP contribution is -2.43. The van der Waals surface area contributed by atoms with E-state index >= 15 is 0 Å². The molecule has 1 aromatic rings. The lowest BCUT2D eigenvalue weighted by atomic mass is 10.1. The minimum absolute atomic E-state index is 0.0362. The average Bonchev–Trinajstić information content (AvgIpc) is 2.36. The molecule has 19 heavy (non-hydrogen) atoms. The van der Waals surface area contributed by atoms with Crippen molar-refractivity contribution in [1.29, 1.82) is 5.26 Å². The van der Waals surface area contributed by atoms with Crippen molar-refractivity contribution in [3.8, 4) is 6.07 Å². The van der Waals surface area contributed by atoms with Gasteiger partial charge in [0, 0.05) is 35.7 Å². The third-order valence-corrected chi connectivity index (χ3v) is 4.38. The Balaban J connectivity index is 2.35. The van der Waals surface area contributed by atoms with Gasteiger partial charge in [-0.05, 0) is 19.9 Å². The summed E-state index contributed by atoms with van der Waals surface area (Å²) in [5.74, 6) is 0.995. The molecule has 1 aromatic carbocycles. The molecule has 0 N–H and O–H groups in total. The molecule has 6 heteroatoms. The van der Waals surface area contributed by atoms with Crippen LogP contribution >= 0.6 is 11.8 Å². The zero-order valence-corrected chi connectivity index (χ0v) is 11.7. The van der Waals surface area contributed by atoms with E-state index in [9.17, 15) is 15.4 Å². The summed E-state index contributed by atoms with van der Waals surface area (Å²) in [4.78, 5) is 12.4. The highest BCUT2D eigenvalue weighted by Crippen LogP contribution is 2.34. The maximum Gasteiger partial charge on any atom is 0.270 e. The normalized spacial score (nSPS) is 17.8. The number of thioether (sulfide) groups is 1. The smallest absolute Gasteiger partial charge is 0.270 e. The number of hydrogen-bond acceptors (Lipinski definition) is 5. The number of anilines is 1. The number of benzene rings is 1. The minimum atomic E-state index is -0.472. The van der Waals surface area contributed by atoms with E-state index in [1.807, 2.05) is 11.8 Å². The Bertz CT molecular complexity index is 551. The van der Waals surface area contributed by atoms with Crippen molar-refractivity contribution in [2.75, 3.05) is 23.7 Å². The largest absolute Gasteiger partial charge is 0.368 e. The van der Waals surface area contributed by atoms with Gasteiger partial charge in [0.25, 0.3) is 5.69 Å². The van der Waals surface area contributed by atoms with Crippen LogP contribution in [0.3, 0.4) is 0 Å². The number of rotatable bonds is 2. The Morgan fingerprint density at radius 3 is 2.84 bits per heavy atom. The summed E-state index contributed by atoms with van der Waals surface area (Å²) in [5, 5.41) is 19.9. The van der Waals surface area contributed by atoms with Gasteiger partial charge in [0.05, 0.1) is 16.2 Å². The van der Waals surface area contributed by atoms with Crippen molar-refractivity contribution in [3.05, 3.63) is 33.9 Å².